The van der Waals surface area contributed by atoms with Crippen molar-refractivity contribution in [3.05, 3.63) is 33.8 Å². The zero-order chi connectivity index (χ0) is 15.0. The minimum Gasteiger partial charge on any atom is -0.478 e. The molecular weight excluding hydrogens is 283 g/mol. The van der Waals surface area contributed by atoms with E-state index in [0.717, 1.165) is 0 Å². The average molecular weight is 292 g/mol. The number of nitrogens with zero attached hydrogens (tertiary/aromatic N) is 1. The zero-order valence-electron chi connectivity index (χ0n) is 9.97. The van der Waals surface area contributed by atoms with E-state index in [-0.39, 0.29) is 10.6 Å². The van der Waals surface area contributed by atoms with E-state index in [0.29, 0.717) is 12.1 Å². The van der Waals surface area contributed by atoms with Gasteiger partial charge in [-0.3, -0.25) is 0 Å². The molecule has 1 rings (SSSR count). The van der Waals surface area contributed by atoms with Gasteiger partial charge in [-0.15, -0.1) is 0 Å². The first kappa shape index (κ1) is 15.3. The summed E-state index contributed by atoms with van der Waals surface area (Å²) in [5, 5.41) is 17.5. The second kappa shape index (κ2) is 4.74. The largest absolute Gasteiger partial charge is 0.478 e. The summed E-state index contributed by atoms with van der Waals surface area (Å²) in [6, 6.07) is 2.96. The summed E-state index contributed by atoms with van der Waals surface area (Å²) in [5.41, 5.74) is -3.31. The van der Waals surface area contributed by atoms with E-state index in [1.165, 1.54) is 13.8 Å². The molecule has 7 heteroatoms. The average Bonchev–Trinajstić information content (AvgIpc) is 2.27. The smallest absolute Gasteiger partial charge is 0.416 e. The van der Waals surface area contributed by atoms with Crippen LogP contribution in [0, 0.1) is 11.3 Å². The highest BCUT2D eigenvalue weighted by molar-refractivity contribution is 6.34. The zero-order valence-corrected chi connectivity index (χ0v) is 10.7. The second-order valence-electron chi connectivity index (χ2n) is 4.43. The van der Waals surface area contributed by atoms with E-state index in [2.05, 4.69) is 0 Å². The van der Waals surface area contributed by atoms with Crippen molar-refractivity contribution < 1.29 is 23.1 Å². The van der Waals surface area contributed by atoms with Gasteiger partial charge in [0.1, 0.15) is 0 Å². The Labute approximate surface area is 112 Å². The summed E-state index contributed by atoms with van der Waals surface area (Å²) in [7, 11) is 0. The topological polar surface area (TPSA) is 61.1 Å². The monoisotopic (exact) mass is 291 g/mol. The van der Waals surface area contributed by atoms with E-state index in [4.69, 9.17) is 22.0 Å². The molecule has 0 radical (unpaired) electrons. The van der Waals surface area contributed by atoms with Crippen LogP contribution in [-0.2, 0) is 11.6 Å². The summed E-state index contributed by atoms with van der Waals surface area (Å²) < 4.78 is 38.1. The van der Waals surface area contributed by atoms with Crippen LogP contribution < -0.4 is 0 Å². The predicted molar refractivity (Wildman–Crippen MR) is 62.1 cm³/mol. The number of nitriles is 1. The van der Waals surface area contributed by atoms with Gasteiger partial charge in [-0.1, -0.05) is 11.6 Å². The maximum atomic E-state index is 12.7. The Morgan fingerprint density at radius 3 is 2.26 bits per heavy atom. The van der Waals surface area contributed by atoms with Gasteiger partial charge in [-0.25, -0.2) is 4.79 Å². The van der Waals surface area contributed by atoms with E-state index in [1.54, 1.807) is 6.07 Å². The number of rotatable bonds is 2. The molecule has 0 atom stereocenters. The van der Waals surface area contributed by atoms with Crippen molar-refractivity contribution in [3.63, 3.8) is 0 Å². The Balaban J connectivity index is 3.70. The van der Waals surface area contributed by atoms with Gasteiger partial charge in [-0.2, -0.15) is 18.4 Å². The van der Waals surface area contributed by atoms with Crippen LogP contribution in [0.3, 0.4) is 0 Å². The van der Waals surface area contributed by atoms with Gasteiger partial charge in [0.05, 0.1) is 27.6 Å². The molecule has 3 nitrogen and oxygen atoms in total. The van der Waals surface area contributed by atoms with Crippen LogP contribution in [0.15, 0.2) is 12.1 Å². The maximum absolute atomic E-state index is 12.7. The summed E-state index contributed by atoms with van der Waals surface area (Å²) >= 11 is 5.79. The molecule has 19 heavy (non-hydrogen) atoms. The Morgan fingerprint density at radius 1 is 1.37 bits per heavy atom. The molecular formula is C12H9ClF3NO2. The number of hydrogen-bond acceptors (Lipinski definition) is 2. The lowest BCUT2D eigenvalue weighted by Gasteiger charge is -2.20. The Hall–Kier alpha value is -1.74. The lowest BCUT2D eigenvalue weighted by Crippen LogP contribution is -2.19. The lowest BCUT2D eigenvalue weighted by molar-refractivity contribution is -0.137. The molecule has 102 valence electrons. The van der Waals surface area contributed by atoms with Gasteiger partial charge in [0.2, 0.25) is 0 Å². The molecule has 0 aromatic heterocycles. The number of alkyl halides is 3. The lowest BCUT2D eigenvalue weighted by atomic mass is 9.84. The standard InChI is InChI=1S/C12H9ClF3NO2/c1-11(2,5-17)8-4-6(12(14,15)16)3-7(9(8)13)10(18)19/h3-4H,1-2H3,(H,18,19). The normalized spacial score (nSPS) is 12.1. The summed E-state index contributed by atoms with van der Waals surface area (Å²) in [5.74, 6) is -1.58. The highest BCUT2D eigenvalue weighted by atomic mass is 35.5. The number of carboxylic acids is 1. The molecule has 0 fully saturated rings. The molecule has 1 aromatic carbocycles. The van der Waals surface area contributed by atoms with Crippen LogP contribution in [0.1, 0.15) is 35.3 Å². The molecule has 0 amide bonds. The van der Waals surface area contributed by atoms with Crippen molar-refractivity contribution in [1.29, 1.82) is 5.26 Å². The first-order valence-electron chi connectivity index (χ1n) is 5.06. The van der Waals surface area contributed by atoms with Gasteiger partial charge in [0.15, 0.2) is 0 Å². The molecule has 1 N–H and O–H groups in total. The third-order valence-corrected chi connectivity index (χ3v) is 2.99. The van der Waals surface area contributed by atoms with Crippen molar-refractivity contribution in [1.82, 2.24) is 0 Å². The van der Waals surface area contributed by atoms with Crippen molar-refractivity contribution in [2.75, 3.05) is 0 Å². The molecule has 0 bridgehead atoms. The van der Waals surface area contributed by atoms with E-state index >= 15 is 0 Å². The Kier molecular flexibility index (Phi) is 3.82. The van der Waals surface area contributed by atoms with Gasteiger partial charge in [-0.05, 0) is 31.5 Å². The summed E-state index contributed by atoms with van der Waals surface area (Å²) in [6.45, 7) is 2.72. The molecule has 0 unspecified atom stereocenters. The minimum atomic E-state index is -4.71. The molecule has 0 aliphatic heterocycles. The predicted octanol–water partition coefficient (Wildman–Crippen LogP) is 3.86. The summed E-state index contributed by atoms with van der Waals surface area (Å²) in [6.07, 6.45) is -4.71. The highest BCUT2D eigenvalue weighted by Crippen LogP contribution is 2.38. The van der Waals surface area contributed by atoms with Crippen LogP contribution in [0.4, 0.5) is 13.2 Å². The van der Waals surface area contributed by atoms with Crippen LogP contribution >= 0.6 is 11.6 Å². The van der Waals surface area contributed by atoms with E-state index < -0.39 is 28.7 Å². The molecule has 1 aromatic rings. The minimum absolute atomic E-state index is 0.163. The van der Waals surface area contributed by atoms with Crippen LogP contribution in [0.5, 0.6) is 0 Å². The first-order valence-corrected chi connectivity index (χ1v) is 5.44. The number of carboxylic acid groups (broad SMARTS) is 1. The van der Waals surface area contributed by atoms with Crippen molar-refractivity contribution in [2.45, 2.75) is 25.4 Å². The second-order valence-corrected chi connectivity index (χ2v) is 4.80. The fourth-order valence-corrected chi connectivity index (χ4v) is 1.88. The van der Waals surface area contributed by atoms with Crippen molar-refractivity contribution >= 4 is 17.6 Å². The van der Waals surface area contributed by atoms with Crippen LogP contribution in [0.2, 0.25) is 5.02 Å². The van der Waals surface area contributed by atoms with Crippen LogP contribution in [-0.4, -0.2) is 11.1 Å². The molecule has 0 heterocycles. The molecule has 0 saturated heterocycles. The maximum Gasteiger partial charge on any atom is 0.416 e. The first-order chi connectivity index (χ1) is 8.50. The molecule has 0 spiro atoms. The molecule has 0 aliphatic rings. The third-order valence-electron chi connectivity index (χ3n) is 2.58. The van der Waals surface area contributed by atoms with E-state index in [1.807, 2.05) is 0 Å². The fourth-order valence-electron chi connectivity index (χ4n) is 1.46. The number of aromatic carboxylic acids is 1. The van der Waals surface area contributed by atoms with Gasteiger partial charge < -0.3 is 5.11 Å². The third kappa shape index (κ3) is 2.99. The quantitative estimate of drug-likeness (QED) is 0.900. The van der Waals surface area contributed by atoms with Crippen molar-refractivity contribution in [3.8, 4) is 6.07 Å². The summed E-state index contributed by atoms with van der Waals surface area (Å²) in [4.78, 5) is 10.9. The Morgan fingerprint density at radius 2 is 1.89 bits per heavy atom. The van der Waals surface area contributed by atoms with Gasteiger partial charge in [0.25, 0.3) is 0 Å². The van der Waals surface area contributed by atoms with E-state index in [9.17, 15) is 18.0 Å². The van der Waals surface area contributed by atoms with Gasteiger partial charge >= 0.3 is 12.1 Å². The van der Waals surface area contributed by atoms with Gasteiger partial charge in [0, 0.05) is 0 Å². The highest BCUT2D eigenvalue weighted by Gasteiger charge is 2.35. The fraction of sp³-hybridized carbons (Fsp3) is 0.333. The van der Waals surface area contributed by atoms with Crippen molar-refractivity contribution in [2.24, 2.45) is 0 Å². The molecule has 0 aliphatic carbocycles. The Bertz CT molecular complexity index is 574. The number of hydrogen-bond donors (Lipinski definition) is 1. The number of carbonyl (C=O) groups is 1. The number of halogens is 4. The molecule has 0 saturated carbocycles. The van der Waals surface area contributed by atoms with Crippen LogP contribution in [0.25, 0.3) is 0 Å². The number of benzene rings is 1. The SMILES string of the molecule is CC(C)(C#N)c1cc(C(F)(F)F)cc(C(=O)O)c1Cl.